The molecule has 1 spiro atoms. The van der Waals surface area contributed by atoms with Gasteiger partial charge in [-0.15, -0.1) is 0 Å². The van der Waals surface area contributed by atoms with Crippen molar-refractivity contribution in [3.63, 3.8) is 0 Å². The fraction of sp³-hybridized carbons (Fsp3) is 0. The van der Waals surface area contributed by atoms with Crippen LogP contribution in [0.1, 0.15) is 44.5 Å². The van der Waals surface area contributed by atoms with Crippen molar-refractivity contribution in [3.8, 4) is 0 Å². The van der Waals surface area contributed by atoms with Crippen molar-refractivity contribution in [2.75, 3.05) is 0 Å². The molecule has 0 fully saturated rings. The van der Waals surface area contributed by atoms with Crippen molar-refractivity contribution in [2.24, 2.45) is 59.9 Å². The SMILES string of the molecule is c1ccc2c(c1)C1=NC2=Nc2c3ccccc3c3[n]2[Sn]2([n]4c5c6ccccc6c4N=C4N=C(N=c6c7ccccc7c([n]62)=NC2=NC(=N5)c5ccccc52)c2ccccc24)[n]2c(c4ccccc4c2=NC2=NC(=N3)c3ccccc32)=N1. The number of benzene rings is 8. The van der Waals surface area contributed by atoms with Crippen LogP contribution < -0.4 is 22.0 Å². The molecule has 0 radical (unpaired) electrons. The zero-order valence-corrected chi connectivity index (χ0v) is 45.0. The minimum atomic E-state index is -6.51. The predicted molar refractivity (Wildman–Crippen MR) is 316 cm³/mol. The number of aromatic nitrogens is 4. The number of nitrogens with zero attached hydrogens (tertiary/aromatic N) is 16. The molecule has 12 bridgehead atoms. The molecule has 81 heavy (non-hydrogen) atoms. The summed E-state index contributed by atoms with van der Waals surface area (Å²) in [6, 6.07) is 66.6. The maximum absolute atomic E-state index is 6.51. The Kier molecular flexibility index (Phi) is 7.78. The number of aliphatic imine (C=N–C) groups is 8. The molecule has 0 N–H and O–H groups in total. The van der Waals surface area contributed by atoms with Gasteiger partial charge in [-0.1, -0.05) is 0 Å². The first kappa shape index (κ1) is 42.3. The number of amidine groups is 8. The van der Waals surface area contributed by atoms with Gasteiger partial charge in [0.2, 0.25) is 0 Å². The Labute approximate surface area is 461 Å². The van der Waals surface area contributed by atoms with E-state index in [-0.39, 0.29) is 0 Å². The molecule has 12 aromatic rings. The van der Waals surface area contributed by atoms with Gasteiger partial charge in [0.1, 0.15) is 0 Å². The third-order valence-electron chi connectivity index (χ3n) is 16.7. The van der Waals surface area contributed by atoms with Crippen molar-refractivity contribution >= 4 is 133 Å². The molecule has 4 aromatic heterocycles. The van der Waals surface area contributed by atoms with Crippen LogP contribution in [0.4, 0.5) is 23.3 Å². The average Bonchev–Trinajstić information content (AvgIpc) is 3.09. The van der Waals surface area contributed by atoms with Gasteiger partial charge in [-0.3, -0.25) is 0 Å². The summed E-state index contributed by atoms with van der Waals surface area (Å²) < 4.78 is 9.72. The maximum atomic E-state index is 5.96. The number of hydrogen-bond donors (Lipinski definition) is 0. The van der Waals surface area contributed by atoms with E-state index in [4.69, 9.17) is 59.9 Å². The van der Waals surface area contributed by atoms with Gasteiger partial charge in [-0.25, -0.2) is 0 Å². The molecule has 12 heterocycles. The fourth-order valence-corrected chi connectivity index (χ4v) is 27.1. The van der Waals surface area contributed by atoms with Crippen molar-refractivity contribution in [2.45, 2.75) is 0 Å². The number of hydrogen-bond acceptors (Lipinski definition) is 12. The van der Waals surface area contributed by atoms with E-state index < -0.39 is 19.5 Å². The summed E-state index contributed by atoms with van der Waals surface area (Å²) in [5.41, 5.74) is 9.25. The summed E-state index contributed by atoms with van der Waals surface area (Å²) in [5.74, 6) is 6.53. The van der Waals surface area contributed by atoms with Gasteiger partial charge in [0.15, 0.2) is 0 Å². The molecule has 8 aliphatic rings. The molecule has 0 saturated heterocycles. The van der Waals surface area contributed by atoms with Gasteiger partial charge < -0.3 is 0 Å². The second kappa shape index (κ2) is 14.9. The topological polar surface area (TPSA) is 168 Å². The van der Waals surface area contributed by atoms with E-state index in [9.17, 15) is 0 Å². The van der Waals surface area contributed by atoms with Crippen LogP contribution >= 0.6 is 0 Å². The molecule has 0 aliphatic carbocycles. The van der Waals surface area contributed by atoms with Crippen LogP contribution in [0.3, 0.4) is 0 Å². The van der Waals surface area contributed by atoms with Crippen molar-refractivity contribution in [3.05, 3.63) is 261 Å². The van der Waals surface area contributed by atoms with E-state index >= 15 is 0 Å². The zero-order chi connectivity index (χ0) is 52.4. The van der Waals surface area contributed by atoms with Crippen LogP contribution in [-0.2, 0) is 0 Å². The van der Waals surface area contributed by atoms with Gasteiger partial charge in [0.05, 0.1) is 0 Å². The standard InChI is InChI=1S/2C32H16N8.Sn/c2*1-2-10-18-17(9-1)25-33-26(18)38-28-21-13-5-6-14-22(21)30(35-28)40-32-24-16-8-7-15-23(24)31(36-32)39-29-20-12-4-3-11-19(20)27(34-29)37-25;/h2*1-16H;/q2*-2;+4. The Morgan fingerprint density at radius 1 is 0.185 bits per heavy atom. The van der Waals surface area contributed by atoms with Gasteiger partial charge in [0, 0.05) is 0 Å². The van der Waals surface area contributed by atoms with Crippen LogP contribution in [0.15, 0.2) is 254 Å². The molecule has 17 heteroatoms. The van der Waals surface area contributed by atoms with E-state index in [2.05, 4.69) is 157 Å². The summed E-state index contributed by atoms with van der Waals surface area (Å²) in [7, 11) is 0. The van der Waals surface area contributed by atoms with Crippen LogP contribution in [0.5, 0.6) is 0 Å². The third kappa shape index (κ3) is 5.21. The first-order chi connectivity index (χ1) is 40.2. The summed E-state index contributed by atoms with van der Waals surface area (Å²) in [6.07, 6.45) is 0. The Morgan fingerprint density at radius 2 is 0.370 bits per heavy atom. The molecule has 0 unspecified atom stereocenters. The quantitative estimate of drug-likeness (QED) is 0.132. The zero-order valence-electron chi connectivity index (χ0n) is 42.1. The molecule has 0 amide bonds. The fourth-order valence-electron chi connectivity index (χ4n) is 13.3. The second-order valence-corrected chi connectivity index (χ2v) is 29.4. The Balaban J connectivity index is 1.19. The van der Waals surface area contributed by atoms with Crippen LogP contribution in [-0.4, -0.2) is 77.3 Å². The summed E-state index contributed by atoms with van der Waals surface area (Å²) in [5, 5.41) is 6.74. The molecule has 8 aromatic carbocycles. The molecular formula is C64H32N16Sn. The van der Waals surface area contributed by atoms with Crippen molar-refractivity contribution in [1.29, 1.82) is 0 Å². The Bertz CT molecular complexity index is 4990. The molecule has 0 saturated carbocycles. The second-order valence-electron chi connectivity index (χ2n) is 20.8. The van der Waals surface area contributed by atoms with E-state index in [0.29, 0.717) is 91.9 Å². The van der Waals surface area contributed by atoms with Crippen LogP contribution in [0, 0.1) is 0 Å². The van der Waals surface area contributed by atoms with E-state index in [1.807, 2.05) is 48.5 Å². The number of rotatable bonds is 0. The van der Waals surface area contributed by atoms with E-state index in [1.54, 1.807) is 0 Å². The molecule has 20 rings (SSSR count). The molecular weight excluding hydrogens is 1110 g/mol. The summed E-state index contributed by atoms with van der Waals surface area (Å²) in [6.45, 7) is 0. The van der Waals surface area contributed by atoms with Gasteiger partial charge in [0.25, 0.3) is 0 Å². The van der Waals surface area contributed by atoms with Gasteiger partial charge in [-0.05, 0) is 0 Å². The normalized spacial score (nSPS) is 17.7. The molecule has 372 valence electrons. The molecule has 16 nitrogen and oxygen atoms in total. The monoisotopic (exact) mass is 1140 g/mol. The van der Waals surface area contributed by atoms with Crippen molar-refractivity contribution in [1.82, 2.24) is 11.2 Å². The Morgan fingerprint density at radius 3 is 0.593 bits per heavy atom. The van der Waals surface area contributed by atoms with E-state index in [1.165, 1.54) is 0 Å². The first-order valence-corrected chi connectivity index (χ1v) is 31.8. The summed E-state index contributed by atoms with van der Waals surface area (Å²) >= 11 is -6.51. The van der Waals surface area contributed by atoms with Gasteiger partial charge in [-0.2, -0.15) is 0 Å². The molecule has 8 aliphatic heterocycles. The van der Waals surface area contributed by atoms with Gasteiger partial charge >= 0.3 is 464 Å². The van der Waals surface area contributed by atoms with Crippen molar-refractivity contribution < 1.29 is 0 Å². The minimum absolute atomic E-state index is 0.514. The van der Waals surface area contributed by atoms with E-state index in [0.717, 1.165) is 87.6 Å². The first-order valence-electron chi connectivity index (χ1n) is 26.7. The average molecular weight is 1140 g/mol. The third-order valence-corrected chi connectivity index (χ3v) is 28.4. The summed E-state index contributed by atoms with van der Waals surface area (Å²) in [4.78, 5) is 69.4. The van der Waals surface area contributed by atoms with Crippen LogP contribution in [0.25, 0.3) is 43.1 Å². The number of fused-ring (bicyclic) bond motifs is 28. The van der Waals surface area contributed by atoms with Crippen LogP contribution in [0.2, 0.25) is 0 Å². The Hall–Kier alpha value is -10.7. The predicted octanol–water partition coefficient (Wildman–Crippen LogP) is 9.32. The molecule has 0 atom stereocenters.